The smallest absolute Gasteiger partial charge is 0.0133 e. The predicted octanol–water partition coefficient (Wildman–Crippen LogP) is 2.76. The molecule has 1 heterocycles. The number of rotatable bonds is 1. The first kappa shape index (κ1) is 9.46. The Morgan fingerprint density at radius 1 is 1.46 bits per heavy atom. The zero-order valence-electron chi connectivity index (χ0n) is 7.76. The molecule has 0 amide bonds. The third kappa shape index (κ3) is 2.23. The predicted molar refractivity (Wildman–Crippen MR) is 64.0 cm³/mol. The summed E-state index contributed by atoms with van der Waals surface area (Å²) in [5, 5.41) is 3.49. The van der Waals surface area contributed by atoms with Gasteiger partial charge in [-0.05, 0) is 59.5 Å². The lowest BCUT2D eigenvalue weighted by Gasteiger charge is -2.08. The first-order valence-corrected chi connectivity index (χ1v) is 5.82. The number of halogens is 1. The van der Waals surface area contributed by atoms with E-state index in [2.05, 4.69) is 59.1 Å². The van der Waals surface area contributed by atoms with Crippen LogP contribution in [-0.4, -0.2) is 12.6 Å². The molecule has 0 radical (unpaired) electrons. The van der Waals surface area contributed by atoms with Gasteiger partial charge in [-0.3, -0.25) is 0 Å². The summed E-state index contributed by atoms with van der Waals surface area (Å²) >= 11 is 2.38. The first-order valence-electron chi connectivity index (χ1n) is 4.74. The van der Waals surface area contributed by atoms with E-state index < -0.39 is 0 Å². The van der Waals surface area contributed by atoms with Crippen molar-refractivity contribution in [3.63, 3.8) is 0 Å². The van der Waals surface area contributed by atoms with Crippen LogP contribution in [0, 0.1) is 3.57 Å². The number of benzene rings is 1. The quantitative estimate of drug-likeness (QED) is 0.783. The van der Waals surface area contributed by atoms with Crippen molar-refractivity contribution in [2.45, 2.75) is 25.3 Å². The molecule has 2 unspecified atom stereocenters. The van der Waals surface area contributed by atoms with Gasteiger partial charge in [-0.1, -0.05) is 12.1 Å². The number of hydrogen-bond donors (Lipinski definition) is 1. The molecule has 2 atom stereocenters. The summed E-state index contributed by atoms with van der Waals surface area (Å²) in [6.45, 7) is 3.40. The molecule has 2 rings (SSSR count). The van der Waals surface area contributed by atoms with Gasteiger partial charge in [0.25, 0.3) is 0 Å². The van der Waals surface area contributed by atoms with Crippen molar-refractivity contribution in [1.82, 2.24) is 5.32 Å². The van der Waals surface area contributed by atoms with Crippen LogP contribution in [-0.2, 0) is 0 Å². The van der Waals surface area contributed by atoms with Crippen LogP contribution in [0.25, 0.3) is 0 Å². The average Bonchev–Trinajstić information content (AvgIpc) is 2.52. The molecule has 1 saturated heterocycles. The fourth-order valence-corrected chi connectivity index (χ4v) is 2.52. The van der Waals surface area contributed by atoms with Gasteiger partial charge in [0.1, 0.15) is 0 Å². The Balaban J connectivity index is 2.16. The Morgan fingerprint density at radius 3 is 2.92 bits per heavy atom. The first-order chi connectivity index (χ1) is 6.25. The zero-order valence-corrected chi connectivity index (χ0v) is 9.91. The van der Waals surface area contributed by atoms with E-state index in [4.69, 9.17) is 0 Å². The van der Waals surface area contributed by atoms with Crippen molar-refractivity contribution in [3.05, 3.63) is 33.4 Å². The van der Waals surface area contributed by atoms with Crippen LogP contribution in [0.3, 0.4) is 0 Å². The van der Waals surface area contributed by atoms with E-state index in [-0.39, 0.29) is 0 Å². The highest BCUT2D eigenvalue weighted by atomic mass is 127. The molecule has 1 aromatic carbocycles. The molecule has 1 nitrogen and oxygen atoms in total. The highest BCUT2D eigenvalue weighted by Crippen LogP contribution is 2.26. The minimum Gasteiger partial charge on any atom is -0.314 e. The van der Waals surface area contributed by atoms with Crippen LogP contribution in [0.2, 0.25) is 0 Å². The number of hydrogen-bond acceptors (Lipinski definition) is 1. The molecule has 1 aliphatic heterocycles. The van der Waals surface area contributed by atoms with E-state index in [1.807, 2.05) is 0 Å². The fourth-order valence-electron chi connectivity index (χ4n) is 1.95. The molecule has 1 fully saturated rings. The van der Waals surface area contributed by atoms with E-state index in [1.165, 1.54) is 15.6 Å². The zero-order chi connectivity index (χ0) is 9.26. The molecule has 0 spiro atoms. The maximum absolute atomic E-state index is 3.49. The molecule has 1 N–H and O–H groups in total. The molecule has 0 aromatic heterocycles. The van der Waals surface area contributed by atoms with Gasteiger partial charge in [0, 0.05) is 16.2 Å². The van der Waals surface area contributed by atoms with Crippen molar-refractivity contribution in [2.24, 2.45) is 0 Å². The minimum absolute atomic E-state index is 0.683. The number of nitrogens with one attached hydrogen (secondary N) is 1. The second-order valence-electron chi connectivity index (χ2n) is 3.80. The summed E-state index contributed by atoms with van der Waals surface area (Å²) < 4.78 is 1.34. The van der Waals surface area contributed by atoms with Crippen LogP contribution < -0.4 is 5.32 Å². The van der Waals surface area contributed by atoms with Gasteiger partial charge in [-0.15, -0.1) is 0 Å². The Bertz CT molecular complexity index is 298. The summed E-state index contributed by atoms with van der Waals surface area (Å²) in [6.07, 6.45) is 1.28. The van der Waals surface area contributed by atoms with Crippen molar-refractivity contribution < 1.29 is 0 Å². The van der Waals surface area contributed by atoms with Crippen LogP contribution >= 0.6 is 22.6 Å². The highest BCUT2D eigenvalue weighted by Gasteiger charge is 2.21. The summed E-state index contributed by atoms with van der Waals surface area (Å²) in [5.41, 5.74) is 1.49. The summed E-state index contributed by atoms with van der Waals surface area (Å²) in [6, 6.07) is 9.52. The molecule has 0 bridgehead atoms. The van der Waals surface area contributed by atoms with Crippen LogP contribution in [0.5, 0.6) is 0 Å². The monoisotopic (exact) mass is 287 g/mol. The van der Waals surface area contributed by atoms with E-state index in [9.17, 15) is 0 Å². The van der Waals surface area contributed by atoms with Gasteiger partial charge in [-0.25, -0.2) is 0 Å². The molecular weight excluding hydrogens is 273 g/mol. The second-order valence-corrected chi connectivity index (χ2v) is 5.04. The molecule has 2 heteroatoms. The normalized spacial score (nSPS) is 27.8. The van der Waals surface area contributed by atoms with E-state index >= 15 is 0 Å². The highest BCUT2D eigenvalue weighted by molar-refractivity contribution is 14.1. The van der Waals surface area contributed by atoms with Crippen LogP contribution in [0.4, 0.5) is 0 Å². The standard InChI is InChI=1S/C11H14IN/c1-8-5-10(7-13-8)9-3-2-4-11(12)6-9/h2-4,6,8,10,13H,5,7H2,1H3. The summed E-state index contributed by atoms with van der Waals surface area (Å²) in [7, 11) is 0. The average molecular weight is 287 g/mol. The third-order valence-electron chi connectivity index (χ3n) is 2.67. The lowest BCUT2D eigenvalue weighted by molar-refractivity contribution is 0.658. The van der Waals surface area contributed by atoms with Gasteiger partial charge in [0.15, 0.2) is 0 Å². The van der Waals surface area contributed by atoms with Gasteiger partial charge in [0.05, 0.1) is 0 Å². The maximum atomic E-state index is 3.49. The van der Waals surface area contributed by atoms with Gasteiger partial charge >= 0.3 is 0 Å². The Labute approximate surface area is 93.1 Å². The van der Waals surface area contributed by atoms with Gasteiger partial charge < -0.3 is 5.32 Å². The molecule has 70 valence electrons. The van der Waals surface area contributed by atoms with Crippen LogP contribution in [0.15, 0.2) is 24.3 Å². The molecule has 1 aliphatic rings. The van der Waals surface area contributed by atoms with Gasteiger partial charge in [0.2, 0.25) is 0 Å². The molecule has 0 aliphatic carbocycles. The third-order valence-corrected chi connectivity index (χ3v) is 3.34. The van der Waals surface area contributed by atoms with E-state index in [0.29, 0.717) is 6.04 Å². The lowest BCUT2D eigenvalue weighted by atomic mass is 9.97. The van der Waals surface area contributed by atoms with E-state index in [1.54, 1.807) is 0 Å². The summed E-state index contributed by atoms with van der Waals surface area (Å²) in [4.78, 5) is 0. The van der Waals surface area contributed by atoms with Gasteiger partial charge in [-0.2, -0.15) is 0 Å². The second kappa shape index (κ2) is 3.96. The Hall–Kier alpha value is -0.0900. The van der Waals surface area contributed by atoms with Crippen molar-refractivity contribution >= 4 is 22.6 Å². The summed E-state index contributed by atoms with van der Waals surface area (Å²) in [5.74, 6) is 0.727. The van der Waals surface area contributed by atoms with E-state index in [0.717, 1.165) is 12.5 Å². The molecule has 13 heavy (non-hydrogen) atoms. The van der Waals surface area contributed by atoms with Crippen molar-refractivity contribution in [3.8, 4) is 0 Å². The van der Waals surface area contributed by atoms with Crippen molar-refractivity contribution in [1.29, 1.82) is 0 Å². The maximum Gasteiger partial charge on any atom is 0.0133 e. The Kier molecular flexibility index (Phi) is 2.89. The molecular formula is C11H14IN. The lowest BCUT2D eigenvalue weighted by Crippen LogP contribution is -2.16. The topological polar surface area (TPSA) is 12.0 Å². The molecule has 1 aromatic rings. The van der Waals surface area contributed by atoms with Crippen molar-refractivity contribution in [2.75, 3.05) is 6.54 Å². The fraction of sp³-hybridized carbons (Fsp3) is 0.455. The SMILES string of the molecule is CC1CC(c2cccc(I)c2)CN1. The largest absolute Gasteiger partial charge is 0.314 e. The molecule has 0 saturated carbocycles. The minimum atomic E-state index is 0.683. The van der Waals surface area contributed by atoms with Crippen LogP contribution in [0.1, 0.15) is 24.8 Å². The Morgan fingerprint density at radius 2 is 2.31 bits per heavy atom.